The third-order valence-corrected chi connectivity index (χ3v) is 4.12. The van der Waals surface area contributed by atoms with E-state index in [0.29, 0.717) is 17.3 Å². The number of rotatable bonds is 3. The van der Waals surface area contributed by atoms with Crippen LogP contribution in [0.25, 0.3) is 0 Å². The van der Waals surface area contributed by atoms with Gasteiger partial charge in [0, 0.05) is 25.7 Å². The SMILES string of the molecule is CC1CCC(NC(=O)c2ccc(N(C)C)c(N)c2)CC1. The van der Waals surface area contributed by atoms with Gasteiger partial charge in [0.05, 0.1) is 11.4 Å². The first-order valence-electron chi connectivity index (χ1n) is 7.35. The molecular formula is C16H25N3O. The van der Waals surface area contributed by atoms with Gasteiger partial charge in [-0.05, 0) is 49.8 Å². The number of amides is 1. The van der Waals surface area contributed by atoms with Crippen LogP contribution < -0.4 is 16.0 Å². The Bertz CT molecular complexity index is 477. The van der Waals surface area contributed by atoms with E-state index in [1.54, 1.807) is 6.07 Å². The van der Waals surface area contributed by atoms with Crippen LogP contribution in [0, 0.1) is 5.92 Å². The van der Waals surface area contributed by atoms with Crippen molar-refractivity contribution in [3.8, 4) is 0 Å². The van der Waals surface area contributed by atoms with Gasteiger partial charge in [-0.3, -0.25) is 4.79 Å². The van der Waals surface area contributed by atoms with Crippen molar-refractivity contribution in [1.29, 1.82) is 0 Å². The highest BCUT2D eigenvalue weighted by atomic mass is 16.1. The molecule has 3 N–H and O–H groups in total. The van der Waals surface area contributed by atoms with E-state index in [9.17, 15) is 4.79 Å². The Balaban J connectivity index is 2.01. The van der Waals surface area contributed by atoms with Gasteiger partial charge in [-0.25, -0.2) is 0 Å². The normalized spacial score (nSPS) is 22.4. The molecule has 0 unspecified atom stereocenters. The lowest BCUT2D eigenvalue weighted by atomic mass is 9.87. The third-order valence-electron chi connectivity index (χ3n) is 4.12. The molecule has 4 heteroatoms. The molecule has 2 rings (SSSR count). The average molecular weight is 275 g/mol. The van der Waals surface area contributed by atoms with Crippen molar-refractivity contribution in [1.82, 2.24) is 5.32 Å². The maximum atomic E-state index is 12.2. The van der Waals surface area contributed by atoms with Gasteiger partial charge in [-0.15, -0.1) is 0 Å². The van der Waals surface area contributed by atoms with E-state index in [0.717, 1.165) is 24.4 Å². The second-order valence-electron chi connectivity index (χ2n) is 6.10. The molecule has 1 aromatic rings. The Morgan fingerprint density at radius 1 is 1.25 bits per heavy atom. The molecule has 1 aromatic carbocycles. The van der Waals surface area contributed by atoms with Crippen molar-refractivity contribution in [3.63, 3.8) is 0 Å². The van der Waals surface area contributed by atoms with Crippen molar-refractivity contribution in [2.75, 3.05) is 24.7 Å². The second kappa shape index (κ2) is 6.16. The molecule has 0 aromatic heterocycles. The van der Waals surface area contributed by atoms with Gasteiger partial charge in [0.2, 0.25) is 0 Å². The van der Waals surface area contributed by atoms with E-state index in [4.69, 9.17) is 5.73 Å². The Morgan fingerprint density at radius 2 is 1.90 bits per heavy atom. The van der Waals surface area contributed by atoms with Crippen LogP contribution in [0.2, 0.25) is 0 Å². The zero-order valence-corrected chi connectivity index (χ0v) is 12.6. The molecule has 20 heavy (non-hydrogen) atoms. The average Bonchev–Trinajstić information content (AvgIpc) is 2.40. The lowest BCUT2D eigenvalue weighted by Gasteiger charge is -2.27. The molecule has 1 amide bonds. The maximum absolute atomic E-state index is 12.2. The quantitative estimate of drug-likeness (QED) is 0.834. The minimum absolute atomic E-state index is 0.0124. The molecule has 0 radical (unpaired) electrons. The van der Waals surface area contributed by atoms with Gasteiger partial charge in [-0.2, -0.15) is 0 Å². The molecular weight excluding hydrogens is 250 g/mol. The molecule has 1 aliphatic rings. The predicted octanol–water partition coefficient (Wildman–Crippen LogP) is 2.64. The Hall–Kier alpha value is -1.71. The summed E-state index contributed by atoms with van der Waals surface area (Å²) in [4.78, 5) is 14.2. The van der Waals surface area contributed by atoms with E-state index in [1.165, 1.54) is 12.8 Å². The van der Waals surface area contributed by atoms with Crippen molar-refractivity contribution < 1.29 is 4.79 Å². The maximum Gasteiger partial charge on any atom is 0.251 e. The molecule has 0 bridgehead atoms. The van der Waals surface area contributed by atoms with Gasteiger partial charge in [0.25, 0.3) is 5.91 Å². The summed E-state index contributed by atoms with van der Waals surface area (Å²) >= 11 is 0. The summed E-state index contributed by atoms with van der Waals surface area (Å²) in [5.74, 6) is 0.778. The van der Waals surface area contributed by atoms with Crippen LogP contribution in [-0.4, -0.2) is 26.0 Å². The number of benzene rings is 1. The number of anilines is 2. The first kappa shape index (κ1) is 14.7. The van der Waals surface area contributed by atoms with Gasteiger partial charge in [0.1, 0.15) is 0 Å². The summed E-state index contributed by atoms with van der Waals surface area (Å²) in [6.45, 7) is 2.28. The second-order valence-corrected chi connectivity index (χ2v) is 6.10. The number of carbonyl (C=O) groups excluding carboxylic acids is 1. The lowest BCUT2D eigenvalue weighted by molar-refractivity contribution is 0.0923. The topological polar surface area (TPSA) is 58.4 Å². The molecule has 110 valence electrons. The molecule has 0 saturated heterocycles. The van der Waals surface area contributed by atoms with Gasteiger partial charge < -0.3 is 16.0 Å². The van der Waals surface area contributed by atoms with E-state index >= 15 is 0 Å². The summed E-state index contributed by atoms with van der Waals surface area (Å²) < 4.78 is 0. The van der Waals surface area contributed by atoms with Gasteiger partial charge >= 0.3 is 0 Å². The monoisotopic (exact) mass is 275 g/mol. The zero-order valence-electron chi connectivity index (χ0n) is 12.6. The summed E-state index contributed by atoms with van der Waals surface area (Å²) in [5, 5.41) is 3.12. The first-order chi connectivity index (χ1) is 9.47. The molecule has 1 aliphatic carbocycles. The number of hydrogen-bond donors (Lipinski definition) is 2. The van der Waals surface area contributed by atoms with Crippen LogP contribution in [0.4, 0.5) is 11.4 Å². The molecule has 0 aliphatic heterocycles. The molecule has 0 heterocycles. The highest BCUT2D eigenvalue weighted by Gasteiger charge is 2.20. The van der Waals surface area contributed by atoms with Crippen LogP contribution >= 0.6 is 0 Å². The summed E-state index contributed by atoms with van der Waals surface area (Å²) in [6, 6.07) is 5.81. The van der Waals surface area contributed by atoms with Crippen LogP contribution in [0.3, 0.4) is 0 Å². The number of nitrogens with zero attached hydrogens (tertiary/aromatic N) is 1. The van der Waals surface area contributed by atoms with Crippen LogP contribution in [-0.2, 0) is 0 Å². The lowest BCUT2D eigenvalue weighted by Crippen LogP contribution is -2.37. The standard InChI is InChI=1S/C16H25N3O/c1-11-4-7-13(8-5-11)18-16(20)12-6-9-15(19(2)3)14(17)10-12/h6,9-11,13H,4-5,7-8,17H2,1-3H3,(H,18,20). The van der Waals surface area contributed by atoms with E-state index in [-0.39, 0.29) is 5.91 Å². The molecule has 1 fully saturated rings. The number of hydrogen-bond acceptors (Lipinski definition) is 3. The van der Waals surface area contributed by atoms with Gasteiger partial charge in [-0.1, -0.05) is 6.92 Å². The summed E-state index contributed by atoms with van der Waals surface area (Å²) in [6.07, 6.45) is 4.57. The minimum atomic E-state index is -0.0124. The molecule has 0 atom stereocenters. The molecule has 1 saturated carbocycles. The Labute approximate surface area is 121 Å². The van der Waals surface area contributed by atoms with Crippen LogP contribution in [0.5, 0.6) is 0 Å². The van der Waals surface area contributed by atoms with E-state index in [1.807, 2.05) is 31.1 Å². The van der Waals surface area contributed by atoms with Crippen LogP contribution in [0.15, 0.2) is 18.2 Å². The minimum Gasteiger partial charge on any atom is -0.397 e. The highest BCUT2D eigenvalue weighted by molar-refractivity contribution is 5.96. The Morgan fingerprint density at radius 3 is 2.45 bits per heavy atom. The predicted molar refractivity (Wildman–Crippen MR) is 84.1 cm³/mol. The highest BCUT2D eigenvalue weighted by Crippen LogP contribution is 2.25. The van der Waals surface area contributed by atoms with Crippen LogP contribution in [0.1, 0.15) is 43.0 Å². The smallest absolute Gasteiger partial charge is 0.251 e. The van der Waals surface area contributed by atoms with E-state index in [2.05, 4.69) is 12.2 Å². The van der Waals surface area contributed by atoms with Crippen molar-refractivity contribution in [3.05, 3.63) is 23.8 Å². The van der Waals surface area contributed by atoms with Crippen molar-refractivity contribution >= 4 is 17.3 Å². The fraction of sp³-hybridized carbons (Fsp3) is 0.562. The molecule has 4 nitrogen and oxygen atoms in total. The van der Waals surface area contributed by atoms with Crippen molar-refractivity contribution in [2.24, 2.45) is 5.92 Å². The Kier molecular flexibility index (Phi) is 4.53. The zero-order chi connectivity index (χ0) is 14.7. The summed E-state index contributed by atoms with van der Waals surface area (Å²) in [5.41, 5.74) is 8.21. The number of carbonyl (C=O) groups is 1. The summed E-state index contributed by atoms with van der Waals surface area (Å²) in [7, 11) is 3.88. The van der Waals surface area contributed by atoms with Gasteiger partial charge in [0.15, 0.2) is 0 Å². The number of nitrogens with two attached hydrogens (primary N) is 1. The van der Waals surface area contributed by atoms with Crippen molar-refractivity contribution in [2.45, 2.75) is 38.6 Å². The number of nitrogen functional groups attached to an aromatic ring is 1. The fourth-order valence-electron chi connectivity index (χ4n) is 2.78. The first-order valence-corrected chi connectivity index (χ1v) is 7.35. The molecule has 0 spiro atoms. The third kappa shape index (κ3) is 3.44. The van der Waals surface area contributed by atoms with E-state index < -0.39 is 0 Å². The largest absolute Gasteiger partial charge is 0.397 e. The fourth-order valence-corrected chi connectivity index (χ4v) is 2.78. The number of nitrogens with one attached hydrogen (secondary N) is 1.